The van der Waals surface area contributed by atoms with Crippen LogP contribution in [0.1, 0.15) is 104 Å². The summed E-state index contributed by atoms with van der Waals surface area (Å²) in [6, 6.07) is 20.6. The van der Waals surface area contributed by atoms with E-state index >= 15 is 0 Å². The SMILES string of the molecule is CC(c1ccccc1)=c1c(C(C)(C)C)cc2c(c1C1=CC(C(C)(C)C)=CC1C)C=c1ccc(C(C)(C)C)cc1=2. The van der Waals surface area contributed by atoms with Gasteiger partial charge in [-0.2, -0.15) is 0 Å². The Hall–Kier alpha value is -3.12. The van der Waals surface area contributed by atoms with Crippen molar-refractivity contribution in [3.05, 3.63) is 121 Å². The monoisotopic (exact) mass is 514 g/mol. The van der Waals surface area contributed by atoms with Gasteiger partial charge in [0.15, 0.2) is 0 Å². The van der Waals surface area contributed by atoms with Crippen LogP contribution in [0.25, 0.3) is 17.2 Å². The predicted octanol–water partition coefficient (Wildman–Crippen LogP) is 8.94. The van der Waals surface area contributed by atoms with Crippen molar-refractivity contribution in [1.82, 2.24) is 0 Å². The summed E-state index contributed by atoms with van der Waals surface area (Å²) in [6.45, 7) is 25.8. The molecule has 0 spiro atoms. The minimum absolute atomic E-state index is 0.0117. The second kappa shape index (κ2) is 9.22. The van der Waals surface area contributed by atoms with Gasteiger partial charge in [-0.05, 0) is 101 Å². The molecule has 0 amide bonds. The van der Waals surface area contributed by atoms with E-state index in [0.717, 1.165) is 0 Å². The molecule has 0 aliphatic heterocycles. The third kappa shape index (κ3) is 4.88. The maximum atomic E-state index is 2.52. The van der Waals surface area contributed by atoms with Crippen LogP contribution in [0.4, 0.5) is 0 Å². The number of benzene rings is 3. The summed E-state index contributed by atoms with van der Waals surface area (Å²) in [5, 5.41) is 5.51. The molecule has 2 aliphatic carbocycles. The molecular weight excluding hydrogens is 468 g/mol. The third-order valence-corrected chi connectivity index (χ3v) is 8.65. The molecule has 3 aromatic rings. The van der Waals surface area contributed by atoms with Gasteiger partial charge in [0.25, 0.3) is 0 Å². The summed E-state index contributed by atoms with van der Waals surface area (Å²) in [5.74, 6) is 0.364. The van der Waals surface area contributed by atoms with Gasteiger partial charge in [0.05, 0.1) is 0 Å². The Morgan fingerprint density at radius 1 is 0.692 bits per heavy atom. The standard InChI is InChI=1S/C39H46/c1-24-19-29(38(6,7)8)22-30(24)36-33-20-27-17-18-28(37(3,4)5)21-31(27)32(33)23-34(39(9,10)11)35(36)25(2)26-15-13-12-14-16-26/h12-24H,1-11H3. The molecule has 0 saturated heterocycles. The van der Waals surface area contributed by atoms with Crippen molar-refractivity contribution in [3.63, 3.8) is 0 Å². The Kier molecular flexibility index (Phi) is 6.49. The smallest absolute Gasteiger partial charge is 0.000207 e. The van der Waals surface area contributed by atoms with E-state index in [4.69, 9.17) is 0 Å². The number of rotatable bonds is 2. The van der Waals surface area contributed by atoms with E-state index in [2.05, 4.69) is 149 Å². The van der Waals surface area contributed by atoms with Crippen molar-refractivity contribution in [2.24, 2.45) is 11.3 Å². The summed E-state index contributed by atoms with van der Waals surface area (Å²) >= 11 is 0. The lowest BCUT2D eigenvalue weighted by atomic mass is 9.78. The Morgan fingerprint density at radius 2 is 1.36 bits per heavy atom. The summed E-state index contributed by atoms with van der Waals surface area (Å²) in [7, 11) is 0. The highest BCUT2D eigenvalue weighted by atomic mass is 14.3. The van der Waals surface area contributed by atoms with Gasteiger partial charge in [0.1, 0.15) is 0 Å². The lowest BCUT2D eigenvalue weighted by Crippen LogP contribution is -2.29. The Morgan fingerprint density at radius 3 is 1.92 bits per heavy atom. The molecule has 0 saturated carbocycles. The zero-order valence-corrected chi connectivity index (χ0v) is 26.0. The maximum Gasteiger partial charge on any atom is 0.000207 e. The third-order valence-electron chi connectivity index (χ3n) is 8.65. The number of hydrogen-bond donors (Lipinski definition) is 0. The second-order valence-corrected chi connectivity index (χ2v) is 14.8. The molecule has 0 radical (unpaired) electrons. The molecule has 1 unspecified atom stereocenters. The minimum atomic E-state index is -0.0117. The predicted molar refractivity (Wildman–Crippen MR) is 170 cm³/mol. The largest absolute Gasteiger partial charge is 0.0735 e. The van der Waals surface area contributed by atoms with Crippen molar-refractivity contribution in [3.8, 4) is 0 Å². The first kappa shape index (κ1) is 27.4. The minimum Gasteiger partial charge on any atom is -0.0735 e. The fourth-order valence-electron chi connectivity index (χ4n) is 6.19. The van der Waals surface area contributed by atoms with Gasteiger partial charge in [0, 0.05) is 5.92 Å². The Balaban J connectivity index is 2.02. The topological polar surface area (TPSA) is 0 Å². The molecular formula is C39H46. The fraction of sp³-hybridized carbons (Fsp3) is 0.385. The van der Waals surface area contributed by atoms with E-state index in [1.807, 2.05) is 0 Å². The molecule has 39 heavy (non-hydrogen) atoms. The summed E-state index contributed by atoms with van der Waals surface area (Å²) in [5.41, 5.74) is 11.4. The van der Waals surface area contributed by atoms with Crippen molar-refractivity contribution in [2.45, 2.75) is 87.0 Å². The highest BCUT2D eigenvalue weighted by molar-refractivity contribution is 5.85. The molecule has 0 bridgehead atoms. The van der Waals surface area contributed by atoms with Crippen LogP contribution in [0.2, 0.25) is 0 Å². The van der Waals surface area contributed by atoms with E-state index in [1.165, 1.54) is 65.4 Å². The first-order chi connectivity index (χ1) is 18.1. The number of allylic oxidation sites excluding steroid dienone is 4. The quantitative estimate of drug-likeness (QED) is 0.250. The molecule has 0 nitrogen and oxygen atoms in total. The molecule has 0 heterocycles. The molecule has 202 valence electrons. The van der Waals surface area contributed by atoms with Crippen LogP contribution in [0.5, 0.6) is 0 Å². The number of hydrogen-bond acceptors (Lipinski definition) is 0. The van der Waals surface area contributed by atoms with E-state index < -0.39 is 0 Å². The van der Waals surface area contributed by atoms with Gasteiger partial charge in [-0.1, -0.05) is 130 Å². The highest BCUT2D eigenvalue weighted by Crippen LogP contribution is 2.41. The van der Waals surface area contributed by atoms with Crippen LogP contribution in [-0.4, -0.2) is 0 Å². The molecule has 2 aliphatic rings. The molecule has 0 fully saturated rings. The summed E-state index contributed by atoms with van der Waals surface area (Å²) < 4.78 is 0. The van der Waals surface area contributed by atoms with Crippen LogP contribution in [0, 0.1) is 21.8 Å². The zero-order valence-electron chi connectivity index (χ0n) is 26.0. The Labute approximate surface area is 236 Å². The molecule has 1 atom stereocenters. The Bertz CT molecular complexity index is 1740. The molecule has 0 N–H and O–H groups in total. The molecule has 5 rings (SSSR count). The van der Waals surface area contributed by atoms with Crippen LogP contribution < -0.4 is 10.4 Å². The van der Waals surface area contributed by atoms with Crippen LogP contribution >= 0.6 is 0 Å². The molecule has 0 aromatic heterocycles. The average molecular weight is 515 g/mol. The first-order valence-corrected chi connectivity index (χ1v) is 14.6. The summed E-state index contributed by atoms with van der Waals surface area (Å²) in [6.07, 6.45) is 7.46. The van der Waals surface area contributed by atoms with Crippen molar-refractivity contribution in [2.75, 3.05) is 0 Å². The molecule has 0 heteroatoms. The van der Waals surface area contributed by atoms with E-state index in [9.17, 15) is 0 Å². The van der Waals surface area contributed by atoms with E-state index in [0.29, 0.717) is 5.92 Å². The van der Waals surface area contributed by atoms with Gasteiger partial charge in [-0.15, -0.1) is 0 Å². The molecule has 3 aromatic carbocycles. The van der Waals surface area contributed by atoms with Crippen molar-refractivity contribution in [1.29, 1.82) is 0 Å². The maximum absolute atomic E-state index is 2.52. The van der Waals surface area contributed by atoms with E-state index in [-0.39, 0.29) is 16.2 Å². The van der Waals surface area contributed by atoms with Crippen molar-refractivity contribution >= 4 is 17.2 Å². The fourth-order valence-corrected chi connectivity index (χ4v) is 6.19. The van der Waals surface area contributed by atoms with E-state index in [1.54, 1.807) is 0 Å². The summed E-state index contributed by atoms with van der Waals surface area (Å²) in [4.78, 5) is 0. The van der Waals surface area contributed by atoms with Gasteiger partial charge >= 0.3 is 0 Å². The van der Waals surface area contributed by atoms with Crippen LogP contribution in [0.15, 0.2) is 72.3 Å². The van der Waals surface area contributed by atoms with Gasteiger partial charge in [0.2, 0.25) is 0 Å². The lowest BCUT2D eigenvalue weighted by molar-refractivity contribution is 0.516. The number of fused-ring (bicyclic) bond motifs is 2. The van der Waals surface area contributed by atoms with Crippen molar-refractivity contribution < 1.29 is 0 Å². The zero-order chi connectivity index (χ0) is 28.5. The second-order valence-electron chi connectivity index (χ2n) is 14.8. The van der Waals surface area contributed by atoms with Gasteiger partial charge in [-0.25, -0.2) is 0 Å². The highest BCUT2D eigenvalue weighted by Gasteiger charge is 2.29. The van der Waals surface area contributed by atoms with Crippen LogP contribution in [0.3, 0.4) is 0 Å². The van der Waals surface area contributed by atoms with Gasteiger partial charge in [-0.3, -0.25) is 0 Å². The average Bonchev–Trinajstić information content (AvgIpc) is 3.42. The first-order valence-electron chi connectivity index (χ1n) is 14.6. The normalized spacial score (nSPS) is 17.8. The van der Waals surface area contributed by atoms with Crippen LogP contribution in [-0.2, 0) is 10.8 Å². The lowest BCUT2D eigenvalue weighted by Gasteiger charge is -2.26. The van der Waals surface area contributed by atoms with Gasteiger partial charge < -0.3 is 0 Å².